The van der Waals surface area contributed by atoms with Gasteiger partial charge in [0.2, 0.25) is 5.78 Å². The molecule has 4 nitrogen and oxygen atoms in total. The van der Waals surface area contributed by atoms with Gasteiger partial charge in [-0.2, -0.15) is 0 Å². The van der Waals surface area contributed by atoms with Gasteiger partial charge in [0, 0.05) is 11.6 Å². The number of ketones is 1. The van der Waals surface area contributed by atoms with Gasteiger partial charge >= 0.3 is 0 Å². The molecule has 0 spiro atoms. The largest absolute Gasteiger partial charge is 0.453 e. The Morgan fingerprint density at radius 3 is 2.89 bits per heavy atom. The minimum absolute atomic E-state index is 0.230. The first kappa shape index (κ1) is 10.7. The lowest BCUT2D eigenvalue weighted by molar-refractivity contribution is 0.101. The van der Waals surface area contributed by atoms with Crippen LogP contribution in [0.15, 0.2) is 47.3 Å². The highest BCUT2D eigenvalue weighted by atomic mass is 16.3. The van der Waals surface area contributed by atoms with Crippen LogP contribution in [-0.4, -0.2) is 15.8 Å². The zero-order valence-corrected chi connectivity index (χ0v) is 9.75. The fourth-order valence-electron chi connectivity index (χ4n) is 1.83. The first-order valence-electron chi connectivity index (χ1n) is 5.55. The number of hydrogen-bond acceptors (Lipinski definition) is 4. The quantitative estimate of drug-likeness (QED) is 0.644. The highest BCUT2D eigenvalue weighted by Crippen LogP contribution is 2.22. The summed E-state index contributed by atoms with van der Waals surface area (Å²) in [5.74, 6) is 0.0700. The summed E-state index contributed by atoms with van der Waals surface area (Å²) >= 11 is 0. The smallest absolute Gasteiger partial charge is 0.246 e. The molecule has 3 aromatic rings. The van der Waals surface area contributed by atoms with Crippen molar-refractivity contribution in [3.05, 3.63) is 59.9 Å². The number of aromatic nitrogens is 2. The van der Waals surface area contributed by atoms with Gasteiger partial charge in [-0.3, -0.25) is 4.79 Å². The molecule has 0 radical (unpaired) electrons. The fourth-order valence-corrected chi connectivity index (χ4v) is 1.83. The third-order valence-electron chi connectivity index (χ3n) is 2.71. The van der Waals surface area contributed by atoms with Gasteiger partial charge in [-0.05, 0) is 31.2 Å². The molecule has 0 N–H and O–H groups in total. The summed E-state index contributed by atoms with van der Waals surface area (Å²) in [6.45, 7) is 2.00. The number of hydrogen-bond donors (Lipinski definition) is 0. The third-order valence-corrected chi connectivity index (χ3v) is 2.71. The summed E-state index contributed by atoms with van der Waals surface area (Å²) in [5.41, 5.74) is 2.17. The van der Waals surface area contributed by atoms with E-state index in [-0.39, 0.29) is 5.78 Å². The predicted octanol–water partition coefficient (Wildman–Crippen LogP) is 2.76. The Bertz CT molecular complexity index is 717. The van der Waals surface area contributed by atoms with E-state index in [1.165, 1.54) is 12.5 Å². The van der Waals surface area contributed by atoms with E-state index in [1.807, 2.05) is 25.1 Å². The Morgan fingerprint density at radius 1 is 1.22 bits per heavy atom. The van der Waals surface area contributed by atoms with Crippen LogP contribution in [0.1, 0.15) is 21.8 Å². The van der Waals surface area contributed by atoms with Crippen LogP contribution in [-0.2, 0) is 0 Å². The predicted molar refractivity (Wildman–Crippen MR) is 66.4 cm³/mol. The highest BCUT2D eigenvalue weighted by molar-refractivity contribution is 6.07. The SMILES string of the molecule is Cc1ccc2oc(C(=O)c3ccncn3)cc2c1. The summed E-state index contributed by atoms with van der Waals surface area (Å²) < 4.78 is 5.53. The minimum atomic E-state index is -0.230. The summed E-state index contributed by atoms with van der Waals surface area (Å²) in [4.78, 5) is 19.8. The summed E-state index contributed by atoms with van der Waals surface area (Å²) in [7, 11) is 0. The fraction of sp³-hybridized carbons (Fsp3) is 0.0714. The average Bonchev–Trinajstić information content (AvgIpc) is 2.81. The summed E-state index contributed by atoms with van der Waals surface area (Å²) in [6.07, 6.45) is 2.88. The lowest BCUT2D eigenvalue weighted by Crippen LogP contribution is -2.02. The molecule has 0 amide bonds. The topological polar surface area (TPSA) is 56.0 Å². The number of nitrogens with zero attached hydrogens (tertiary/aromatic N) is 2. The molecule has 2 heterocycles. The van der Waals surface area contributed by atoms with Crippen molar-refractivity contribution >= 4 is 16.8 Å². The maximum atomic E-state index is 12.1. The Kier molecular flexibility index (Phi) is 2.41. The van der Waals surface area contributed by atoms with Crippen LogP contribution in [0.3, 0.4) is 0 Å². The van der Waals surface area contributed by atoms with Crippen molar-refractivity contribution < 1.29 is 9.21 Å². The second-order valence-corrected chi connectivity index (χ2v) is 4.08. The standard InChI is InChI=1S/C14H10N2O2/c1-9-2-3-12-10(6-9)7-13(18-12)14(17)11-4-5-15-8-16-11/h2-8H,1H3. The van der Waals surface area contributed by atoms with Gasteiger partial charge in [0.1, 0.15) is 17.6 Å². The first-order valence-corrected chi connectivity index (χ1v) is 5.55. The van der Waals surface area contributed by atoms with Gasteiger partial charge in [0.25, 0.3) is 0 Å². The number of carbonyl (C=O) groups is 1. The minimum Gasteiger partial charge on any atom is -0.453 e. The van der Waals surface area contributed by atoms with Crippen molar-refractivity contribution in [3.63, 3.8) is 0 Å². The van der Waals surface area contributed by atoms with Crippen LogP contribution in [0.25, 0.3) is 11.0 Å². The molecule has 2 aromatic heterocycles. The number of fused-ring (bicyclic) bond motifs is 1. The zero-order chi connectivity index (χ0) is 12.5. The van der Waals surface area contributed by atoms with Crippen molar-refractivity contribution in [1.82, 2.24) is 9.97 Å². The van der Waals surface area contributed by atoms with Crippen molar-refractivity contribution in [3.8, 4) is 0 Å². The van der Waals surface area contributed by atoms with Gasteiger partial charge in [0.05, 0.1) is 0 Å². The van der Waals surface area contributed by atoms with Gasteiger partial charge < -0.3 is 4.42 Å². The van der Waals surface area contributed by atoms with Crippen LogP contribution in [0, 0.1) is 6.92 Å². The molecule has 0 fully saturated rings. The van der Waals surface area contributed by atoms with E-state index < -0.39 is 0 Å². The Labute approximate surface area is 103 Å². The first-order chi connectivity index (χ1) is 8.74. The maximum Gasteiger partial charge on any atom is 0.246 e. The second kappa shape index (κ2) is 4.07. The van der Waals surface area contributed by atoms with E-state index >= 15 is 0 Å². The zero-order valence-electron chi connectivity index (χ0n) is 9.75. The molecule has 0 atom stereocenters. The molecule has 0 bridgehead atoms. The number of rotatable bonds is 2. The number of benzene rings is 1. The van der Waals surface area contributed by atoms with Crippen LogP contribution in [0.2, 0.25) is 0 Å². The number of furan rings is 1. The van der Waals surface area contributed by atoms with Crippen molar-refractivity contribution in [2.24, 2.45) is 0 Å². The molecule has 88 valence electrons. The maximum absolute atomic E-state index is 12.1. The van der Waals surface area contributed by atoms with Gasteiger partial charge in [-0.15, -0.1) is 0 Å². The average molecular weight is 238 g/mol. The summed E-state index contributed by atoms with van der Waals surface area (Å²) in [6, 6.07) is 9.11. The molecule has 0 saturated heterocycles. The van der Waals surface area contributed by atoms with Crippen molar-refractivity contribution in [1.29, 1.82) is 0 Å². The van der Waals surface area contributed by atoms with E-state index in [1.54, 1.807) is 12.1 Å². The highest BCUT2D eigenvalue weighted by Gasteiger charge is 2.15. The van der Waals surface area contributed by atoms with Crippen molar-refractivity contribution in [2.75, 3.05) is 0 Å². The molecule has 0 aliphatic heterocycles. The number of carbonyl (C=O) groups excluding carboxylic acids is 1. The number of aryl methyl sites for hydroxylation is 1. The molecule has 1 aromatic carbocycles. The second-order valence-electron chi connectivity index (χ2n) is 4.08. The molecular formula is C14H10N2O2. The van der Waals surface area contributed by atoms with E-state index in [0.717, 1.165) is 10.9 Å². The molecule has 0 aliphatic carbocycles. The Morgan fingerprint density at radius 2 is 2.11 bits per heavy atom. The van der Waals surface area contributed by atoms with E-state index in [0.29, 0.717) is 17.0 Å². The third kappa shape index (κ3) is 1.78. The molecular weight excluding hydrogens is 228 g/mol. The summed E-state index contributed by atoms with van der Waals surface area (Å²) in [5, 5.41) is 0.924. The van der Waals surface area contributed by atoms with Gasteiger partial charge in [-0.1, -0.05) is 11.6 Å². The van der Waals surface area contributed by atoms with Crippen LogP contribution < -0.4 is 0 Å². The normalized spacial score (nSPS) is 10.7. The monoisotopic (exact) mass is 238 g/mol. The van der Waals surface area contributed by atoms with Gasteiger partial charge in [-0.25, -0.2) is 9.97 Å². The molecule has 4 heteroatoms. The molecule has 0 saturated carbocycles. The molecule has 3 rings (SSSR count). The molecule has 18 heavy (non-hydrogen) atoms. The van der Waals surface area contributed by atoms with Crippen LogP contribution in [0.4, 0.5) is 0 Å². The molecule has 0 aliphatic rings. The van der Waals surface area contributed by atoms with E-state index in [2.05, 4.69) is 9.97 Å². The van der Waals surface area contributed by atoms with E-state index in [9.17, 15) is 4.79 Å². The van der Waals surface area contributed by atoms with Crippen LogP contribution >= 0.6 is 0 Å². The molecule has 0 unspecified atom stereocenters. The lowest BCUT2D eigenvalue weighted by Gasteiger charge is -1.94. The van der Waals surface area contributed by atoms with Crippen molar-refractivity contribution in [2.45, 2.75) is 6.92 Å². The Balaban J connectivity index is 2.07. The van der Waals surface area contributed by atoms with E-state index in [4.69, 9.17) is 4.42 Å². The lowest BCUT2D eigenvalue weighted by atomic mass is 10.1. The Hall–Kier alpha value is -2.49. The van der Waals surface area contributed by atoms with Crippen LogP contribution in [0.5, 0.6) is 0 Å². The van der Waals surface area contributed by atoms with Gasteiger partial charge in [0.15, 0.2) is 5.76 Å².